The van der Waals surface area contributed by atoms with E-state index >= 15 is 0 Å². The van der Waals surface area contributed by atoms with Crippen molar-refractivity contribution >= 4 is 16.5 Å². The Morgan fingerprint density at radius 2 is 1.80 bits per heavy atom. The number of anilines is 1. The summed E-state index contributed by atoms with van der Waals surface area (Å²) < 4.78 is 0. The van der Waals surface area contributed by atoms with Gasteiger partial charge in [-0.25, -0.2) is 0 Å². The molecule has 100 valence electrons. The number of phenols is 1. The summed E-state index contributed by atoms with van der Waals surface area (Å²) >= 11 is 0. The second-order valence-electron chi connectivity index (χ2n) is 4.86. The van der Waals surface area contributed by atoms with Crippen LogP contribution in [0.1, 0.15) is 11.3 Å². The molecule has 2 aromatic carbocycles. The maximum Gasteiger partial charge on any atom is 0.123 e. The monoisotopic (exact) mass is 264 g/mol. The van der Waals surface area contributed by atoms with E-state index in [0.29, 0.717) is 12.3 Å². The van der Waals surface area contributed by atoms with Crippen LogP contribution >= 0.6 is 0 Å². The van der Waals surface area contributed by atoms with Crippen molar-refractivity contribution < 1.29 is 5.11 Å². The molecule has 2 N–H and O–H groups in total. The Bertz CT molecular complexity index is 736. The van der Waals surface area contributed by atoms with Crippen LogP contribution in [0.5, 0.6) is 5.75 Å². The number of phenolic OH excluding ortho intramolecular Hbond substituents is 1. The van der Waals surface area contributed by atoms with Gasteiger partial charge in [0.2, 0.25) is 0 Å². The van der Waals surface area contributed by atoms with Gasteiger partial charge in [-0.3, -0.25) is 4.98 Å². The zero-order valence-electron chi connectivity index (χ0n) is 11.3. The standard InChI is InChI=1S/C17H16N2O/c1-12-8-9-13(18-10-12)11-19-16-6-2-5-15-14(16)4-3-7-17(15)20/h2-10,19-20H,11H2,1H3. The molecule has 0 saturated carbocycles. The lowest BCUT2D eigenvalue weighted by Gasteiger charge is -2.10. The van der Waals surface area contributed by atoms with Crippen molar-refractivity contribution in [2.75, 3.05) is 5.32 Å². The van der Waals surface area contributed by atoms with E-state index in [0.717, 1.165) is 27.7 Å². The predicted molar refractivity (Wildman–Crippen MR) is 81.9 cm³/mol. The zero-order valence-corrected chi connectivity index (χ0v) is 11.3. The molecule has 0 aliphatic heterocycles. The SMILES string of the molecule is Cc1ccc(CNc2cccc3c(O)cccc23)nc1. The van der Waals surface area contributed by atoms with E-state index in [9.17, 15) is 5.11 Å². The van der Waals surface area contributed by atoms with Crippen LogP contribution in [0.15, 0.2) is 54.7 Å². The lowest BCUT2D eigenvalue weighted by atomic mass is 10.1. The van der Waals surface area contributed by atoms with E-state index in [1.54, 1.807) is 6.07 Å². The van der Waals surface area contributed by atoms with Crippen LogP contribution in [0.4, 0.5) is 5.69 Å². The number of nitrogens with one attached hydrogen (secondary N) is 1. The second kappa shape index (κ2) is 5.21. The lowest BCUT2D eigenvalue weighted by molar-refractivity contribution is 0.481. The van der Waals surface area contributed by atoms with Crippen molar-refractivity contribution in [1.29, 1.82) is 0 Å². The highest BCUT2D eigenvalue weighted by Gasteiger charge is 2.04. The number of hydrogen-bond donors (Lipinski definition) is 2. The van der Waals surface area contributed by atoms with E-state index in [4.69, 9.17) is 0 Å². The lowest BCUT2D eigenvalue weighted by Crippen LogP contribution is -2.01. The van der Waals surface area contributed by atoms with Gasteiger partial charge in [0.25, 0.3) is 0 Å². The van der Waals surface area contributed by atoms with Crippen LogP contribution in [0.2, 0.25) is 0 Å². The fraction of sp³-hybridized carbons (Fsp3) is 0.118. The van der Waals surface area contributed by atoms with Crippen molar-refractivity contribution in [1.82, 2.24) is 4.98 Å². The normalized spacial score (nSPS) is 10.7. The highest BCUT2D eigenvalue weighted by Crippen LogP contribution is 2.29. The number of fused-ring (bicyclic) bond motifs is 1. The smallest absolute Gasteiger partial charge is 0.123 e. The second-order valence-corrected chi connectivity index (χ2v) is 4.86. The Morgan fingerprint density at radius 3 is 2.60 bits per heavy atom. The quantitative estimate of drug-likeness (QED) is 0.755. The number of rotatable bonds is 3. The molecule has 3 nitrogen and oxygen atoms in total. The maximum absolute atomic E-state index is 9.87. The number of hydrogen-bond acceptors (Lipinski definition) is 3. The zero-order chi connectivity index (χ0) is 13.9. The summed E-state index contributed by atoms with van der Waals surface area (Å²) in [5, 5.41) is 15.1. The van der Waals surface area contributed by atoms with Crippen molar-refractivity contribution in [2.45, 2.75) is 13.5 Å². The van der Waals surface area contributed by atoms with Gasteiger partial charge in [-0.2, -0.15) is 0 Å². The molecule has 0 amide bonds. The number of nitrogens with zero attached hydrogens (tertiary/aromatic N) is 1. The highest BCUT2D eigenvalue weighted by atomic mass is 16.3. The summed E-state index contributed by atoms with van der Waals surface area (Å²) in [6.07, 6.45) is 1.87. The largest absolute Gasteiger partial charge is 0.507 e. The Labute approximate surface area is 117 Å². The van der Waals surface area contributed by atoms with Gasteiger partial charge in [-0.15, -0.1) is 0 Å². The minimum Gasteiger partial charge on any atom is -0.507 e. The average Bonchev–Trinajstić information content (AvgIpc) is 2.47. The summed E-state index contributed by atoms with van der Waals surface area (Å²) in [5.74, 6) is 0.305. The summed E-state index contributed by atoms with van der Waals surface area (Å²) in [5.41, 5.74) is 3.15. The van der Waals surface area contributed by atoms with Gasteiger partial charge in [-0.1, -0.05) is 30.3 Å². The van der Waals surface area contributed by atoms with E-state index in [-0.39, 0.29) is 0 Å². The predicted octanol–water partition coefficient (Wildman–Crippen LogP) is 3.86. The first-order valence-corrected chi connectivity index (χ1v) is 6.60. The molecule has 0 radical (unpaired) electrons. The van der Waals surface area contributed by atoms with Crippen molar-refractivity contribution in [3.05, 3.63) is 66.0 Å². The van der Waals surface area contributed by atoms with Gasteiger partial charge in [0.15, 0.2) is 0 Å². The van der Waals surface area contributed by atoms with Crippen LogP contribution < -0.4 is 5.32 Å². The van der Waals surface area contributed by atoms with Crippen LogP contribution in [0, 0.1) is 6.92 Å². The Kier molecular flexibility index (Phi) is 3.25. The third kappa shape index (κ3) is 2.43. The number of aryl methyl sites for hydroxylation is 1. The van der Waals surface area contributed by atoms with Crippen LogP contribution in [-0.4, -0.2) is 10.1 Å². The first kappa shape index (κ1) is 12.5. The minimum atomic E-state index is 0.305. The first-order valence-electron chi connectivity index (χ1n) is 6.60. The fourth-order valence-electron chi connectivity index (χ4n) is 2.24. The van der Waals surface area contributed by atoms with Crippen LogP contribution in [0.3, 0.4) is 0 Å². The van der Waals surface area contributed by atoms with Crippen LogP contribution in [0.25, 0.3) is 10.8 Å². The molecule has 3 rings (SSSR count). The van der Waals surface area contributed by atoms with Crippen molar-refractivity contribution in [3.63, 3.8) is 0 Å². The summed E-state index contributed by atoms with van der Waals surface area (Å²) in [7, 11) is 0. The molecule has 0 unspecified atom stereocenters. The molecule has 0 saturated heterocycles. The molecule has 20 heavy (non-hydrogen) atoms. The number of benzene rings is 2. The highest BCUT2D eigenvalue weighted by molar-refractivity contribution is 5.97. The molecule has 0 atom stereocenters. The van der Waals surface area contributed by atoms with Gasteiger partial charge in [0.1, 0.15) is 5.75 Å². The first-order chi connectivity index (χ1) is 9.74. The molecule has 0 fully saturated rings. The molecule has 0 bridgehead atoms. The number of aromatic hydroxyl groups is 1. The average molecular weight is 264 g/mol. The number of pyridine rings is 1. The molecule has 0 aliphatic carbocycles. The Morgan fingerprint density at radius 1 is 1.00 bits per heavy atom. The molecular weight excluding hydrogens is 248 g/mol. The molecule has 0 aliphatic rings. The summed E-state index contributed by atoms with van der Waals surface area (Å²) in [6.45, 7) is 2.69. The maximum atomic E-state index is 9.87. The van der Waals surface area contributed by atoms with E-state index in [1.807, 2.05) is 49.5 Å². The van der Waals surface area contributed by atoms with Crippen LogP contribution in [-0.2, 0) is 6.54 Å². The van der Waals surface area contributed by atoms with E-state index in [2.05, 4.69) is 16.4 Å². The number of aromatic nitrogens is 1. The topological polar surface area (TPSA) is 45.1 Å². The van der Waals surface area contributed by atoms with Crippen molar-refractivity contribution in [3.8, 4) is 5.75 Å². The molecule has 1 aromatic heterocycles. The van der Waals surface area contributed by atoms with Gasteiger partial charge in [0.05, 0.1) is 12.2 Å². The molecule has 0 spiro atoms. The molecular formula is C17H16N2O. The third-order valence-electron chi connectivity index (χ3n) is 3.33. The minimum absolute atomic E-state index is 0.305. The fourth-order valence-corrected chi connectivity index (χ4v) is 2.24. The van der Waals surface area contributed by atoms with Gasteiger partial charge in [0, 0.05) is 22.7 Å². The Balaban J connectivity index is 1.88. The van der Waals surface area contributed by atoms with Gasteiger partial charge in [-0.05, 0) is 30.7 Å². The molecule has 3 aromatic rings. The van der Waals surface area contributed by atoms with E-state index < -0.39 is 0 Å². The van der Waals surface area contributed by atoms with E-state index in [1.165, 1.54) is 0 Å². The summed E-state index contributed by atoms with van der Waals surface area (Å²) in [4.78, 5) is 4.38. The Hall–Kier alpha value is -2.55. The third-order valence-corrected chi connectivity index (χ3v) is 3.33. The summed E-state index contributed by atoms with van der Waals surface area (Å²) in [6, 6.07) is 15.5. The van der Waals surface area contributed by atoms with Gasteiger partial charge >= 0.3 is 0 Å². The molecule has 3 heteroatoms. The molecule has 1 heterocycles. The van der Waals surface area contributed by atoms with Crippen molar-refractivity contribution in [2.24, 2.45) is 0 Å². The van der Waals surface area contributed by atoms with Gasteiger partial charge < -0.3 is 10.4 Å².